The van der Waals surface area contributed by atoms with Crippen LogP contribution in [0.2, 0.25) is 0 Å². The SMILES string of the molecule is CC(=N)C1CCCC(C)CC/C1=C/N. The average Bonchev–Trinajstić information content (AvgIpc) is 2.11. The van der Waals surface area contributed by atoms with Gasteiger partial charge in [0.25, 0.3) is 0 Å². The Balaban J connectivity index is 2.69. The standard InChI is InChI=1S/C12H22N2/c1-9-4-3-5-12(10(2)14)11(8-13)7-6-9/h8-9,12,14H,3-7,13H2,1-2H3/b11-8-,14-10?. The monoisotopic (exact) mass is 194 g/mol. The van der Waals surface area contributed by atoms with Crippen LogP contribution < -0.4 is 5.73 Å². The summed E-state index contributed by atoms with van der Waals surface area (Å²) in [6.07, 6.45) is 7.70. The molecule has 0 aromatic heterocycles. The predicted molar refractivity (Wildman–Crippen MR) is 61.4 cm³/mol. The zero-order chi connectivity index (χ0) is 10.6. The van der Waals surface area contributed by atoms with Crippen molar-refractivity contribution in [2.24, 2.45) is 17.6 Å². The molecule has 1 aliphatic carbocycles. The van der Waals surface area contributed by atoms with Gasteiger partial charge < -0.3 is 11.1 Å². The Morgan fingerprint density at radius 2 is 2.14 bits per heavy atom. The van der Waals surface area contributed by atoms with E-state index in [1.807, 2.05) is 6.92 Å². The van der Waals surface area contributed by atoms with Gasteiger partial charge in [-0.15, -0.1) is 0 Å². The molecule has 1 saturated carbocycles. The van der Waals surface area contributed by atoms with Gasteiger partial charge >= 0.3 is 0 Å². The van der Waals surface area contributed by atoms with E-state index in [-0.39, 0.29) is 0 Å². The summed E-state index contributed by atoms with van der Waals surface area (Å²) in [7, 11) is 0. The molecule has 14 heavy (non-hydrogen) atoms. The highest BCUT2D eigenvalue weighted by Gasteiger charge is 2.19. The van der Waals surface area contributed by atoms with Crippen molar-refractivity contribution in [3.63, 3.8) is 0 Å². The molecule has 80 valence electrons. The van der Waals surface area contributed by atoms with Gasteiger partial charge in [0.2, 0.25) is 0 Å². The second kappa shape index (κ2) is 5.18. The van der Waals surface area contributed by atoms with Crippen LogP contribution in [0.1, 0.15) is 46.0 Å². The first-order chi connectivity index (χ1) is 6.65. The Kier molecular flexibility index (Phi) is 4.18. The fourth-order valence-electron chi connectivity index (χ4n) is 2.28. The van der Waals surface area contributed by atoms with Gasteiger partial charge in [0, 0.05) is 11.6 Å². The molecule has 0 aromatic rings. The molecular weight excluding hydrogens is 172 g/mol. The highest BCUT2D eigenvalue weighted by molar-refractivity contribution is 5.83. The third-order valence-corrected chi connectivity index (χ3v) is 3.30. The van der Waals surface area contributed by atoms with Crippen molar-refractivity contribution in [1.82, 2.24) is 0 Å². The minimum atomic E-state index is 0.326. The molecule has 0 heterocycles. The molecule has 3 N–H and O–H groups in total. The molecule has 0 aromatic carbocycles. The molecule has 2 nitrogen and oxygen atoms in total. The topological polar surface area (TPSA) is 49.9 Å². The van der Waals surface area contributed by atoms with Gasteiger partial charge in [0.05, 0.1) is 0 Å². The third-order valence-electron chi connectivity index (χ3n) is 3.30. The Labute approximate surface area is 87.1 Å². The average molecular weight is 194 g/mol. The molecule has 0 aliphatic heterocycles. The van der Waals surface area contributed by atoms with E-state index in [0.29, 0.717) is 5.92 Å². The van der Waals surface area contributed by atoms with Crippen molar-refractivity contribution >= 4 is 5.71 Å². The van der Waals surface area contributed by atoms with Gasteiger partial charge in [-0.3, -0.25) is 0 Å². The van der Waals surface area contributed by atoms with Crippen LogP contribution in [0.4, 0.5) is 0 Å². The summed E-state index contributed by atoms with van der Waals surface area (Å²) in [4.78, 5) is 0. The summed E-state index contributed by atoms with van der Waals surface area (Å²) in [6, 6.07) is 0. The van der Waals surface area contributed by atoms with Crippen LogP contribution in [0.15, 0.2) is 11.8 Å². The minimum absolute atomic E-state index is 0.326. The molecule has 0 amide bonds. The van der Waals surface area contributed by atoms with Gasteiger partial charge in [0.1, 0.15) is 0 Å². The first-order valence-corrected chi connectivity index (χ1v) is 5.61. The fourth-order valence-corrected chi connectivity index (χ4v) is 2.28. The number of nitrogens with one attached hydrogen (secondary N) is 1. The van der Waals surface area contributed by atoms with E-state index < -0.39 is 0 Å². The first kappa shape index (κ1) is 11.3. The summed E-state index contributed by atoms with van der Waals surface area (Å²) >= 11 is 0. The van der Waals surface area contributed by atoms with Gasteiger partial charge in [-0.05, 0) is 43.9 Å². The van der Waals surface area contributed by atoms with E-state index in [4.69, 9.17) is 11.1 Å². The Hall–Kier alpha value is -0.790. The fraction of sp³-hybridized carbons (Fsp3) is 0.750. The molecule has 1 fully saturated rings. The van der Waals surface area contributed by atoms with Crippen molar-refractivity contribution in [2.75, 3.05) is 0 Å². The van der Waals surface area contributed by atoms with Gasteiger partial charge in [0.15, 0.2) is 0 Å². The van der Waals surface area contributed by atoms with Gasteiger partial charge in [-0.2, -0.15) is 0 Å². The lowest BCUT2D eigenvalue weighted by Crippen LogP contribution is -2.17. The van der Waals surface area contributed by atoms with Crippen molar-refractivity contribution in [3.05, 3.63) is 11.8 Å². The van der Waals surface area contributed by atoms with E-state index in [0.717, 1.165) is 24.5 Å². The van der Waals surface area contributed by atoms with Gasteiger partial charge in [-0.25, -0.2) is 0 Å². The quantitative estimate of drug-likeness (QED) is 0.619. The summed E-state index contributed by atoms with van der Waals surface area (Å²) in [5, 5.41) is 7.75. The lowest BCUT2D eigenvalue weighted by atomic mass is 9.81. The molecule has 2 heteroatoms. The highest BCUT2D eigenvalue weighted by Crippen LogP contribution is 2.29. The molecule has 0 bridgehead atoms. The maximum Gasteiger partial charge on any atom is 0.0190 e. The molecule has 2 atom stereocenters. The largest absolute Gasteiger partial charge is 0.405 e. The molecule has 1 aliphatic rings. The number of hydrogen-bond acceptors (Lipinski definition) is 2. The van der Waals surface area contributed by atoms with E-state index in [9.17, 15) is 0 Å². The summed E-state index contributed by atoms with van der Waals surface area (Å²) < 4.78 is 0. The van der Waals surface area contributed by atoms with E-state index >= 15 is 0 Å². The van der Waals surface area contributed by atoms with Crippen LogP contribution in [-0.2, 0) is 0 Å². The normalized spacial score (nSPS) is 32.3. The molecule has 0 radical (unpaired) electrons. The predicted octanol–water partition coefficient (Wildman–Crippen LogP) is 3.09. The second-order valence-electron chi connectivity index (χ2n) is 4.55. The zero-order valence-corrected chi connectivity index (χ0v) is 9.34. The van der Waals surface area contributed by atoms with E-state index in [1.165, 1.54) is 24.8 Å². The van der Waals surface area contributed by atoms with E-state index in [1.54, 1.807) is 6.20 Å². The number of hydrogen-bond donors (Lipinski definition) is 2. The Morgan fingerprint density at radius 3 is 2.71 bits per heavy atom. The number of allylic oxidation sites excluding steroid dienone is 1. The number of rotatable bonds is 1. The zero-order valence-electron chi connectivity index (χ0n) is 9.34. The van der Waals surface area contributed by atoms with E-state index in [2.05, 4.69) is 6.92 Å². The Morgan fingerprint density at radius 1 is 1.43 bits per heavy atom. The van der Waals surface area contributed by atoms with Crippen molar-refractivity contribution < 1.29 is 0 Å². The van der Waals surface area contributed by atoms with Crippen LogP contribution in [-0.4, -0.2) is 5.71 Å². The maximum atomic E-state index is 7.75. The third kappa shape index (κ3) is 2.86. The smallest absolute Gasteiger partial charge is 0.0190 e. The van der Waals surface area contributed by atoms with Crippen LogP contribution in [0.5, 0.6) is 0 Å². The lowest BCUT2D eigenvalue weighted by Gasteiger charge is -2.24. The summed E-state index contributed by atoms with van der Waals surface area (Å²) in [5.41, 5.74) is 7.69. The second-order valence-corrected chi connectivity index (χ2v) is 4.55. The van der Waals surface area contributed by atoms with Crippen LogP contribution in [0.3, 0.4) is 0 Å². The Bertz CT molecular complexity index is 230. The van der Waals surface area contributed by atoms with Gasteiger partial charge in [-0.1, -0.05) is 19.8 Å². The molecule has 2 unspecified atom stereocenters. The van der Waals surface area contributed by atoms with Crippen LogP contribution in [0.25, 0.3) is 0 Å². The molecular formula is C12H22N2. The molecule has 0 spiro atoms. The maximum absolute atomic E-state index is 7.75. The number of nitrogens with two attached hydrogens (primary N) is 1. The summed E-state index contributed by atoms with van der Waals surface area (Å²) in [5.74, 6) is 1.14. The molecule has 0 saturated heterocycles. The molecule has 1 rings (SSSR count). The lowest BCUT2D eigenvalue weighted by molar-refractivity contribution is 0.421. The van der Waals surface area contributed by atoms with Crippen molar-refractivity contribution in [2.45, 2.75) is 46.0 Å². The first-order valence-electron chi connectivity index (χ1n) is 5.61. The van der Waals surface area contributed by atoms with Crippen LogP contribution >= 0.6 is 0 Å². The van der Waals surface area contributed by atoms with Crippen LogP contribution in [0, 0.1) is 17.2 Å². The minimum Gasteiger partial charge on any atom is -0.405 e. The summed E-state index contributed by atoms with van der Waals surface area (Å²) in [6.45, 7) is 4.21. The van der Waals surface area contributed by atoms with Crippen molar-refractivity contribution in [1.29, 1.82) is 5.41 Å². The highest BCUT2D eigenvalue weighted by atomic mass is 14.5. The van der Waals surface area contributed by atoms with Crippen molar-refractivity contribution in [3.8, 4) is 0 Å².